The van der Waals surface area contributed by atoms with E-state index in [1.165, 1.54) is 6.07 Å². The van der Waals surface area contributed by atoms with Crippen LogP contribution >= 0.6 is 23.2 Å². The molecule has 15 heavy (non-hydrogen) atoms. The van der Waals surface area contributed by atoms with E-state index in [0.717, 1.165) is 6.07 Å². The van der Waals surface area contributed by atoms with E-state index in [-0.39, 0.29) is 15.6 Å². The molecule has 3 nitrogen and oxygen atoms in total. The standard InChI is InChI=1S/C9H8Cl2FNO2/c10-4-1-2-5(12)8(9(4)11)6(13)3-7(14)15/h1-2,6H,3,13H2,(H,14,15)/t6-/m1/s1. The molecule has 0 amide bonds. The lowest BCUT2D eigenvalue weighted by Crippen LogP contribution is -2.17. The molecular weight excluding hydrogens is 244 g/mol. The first-order chi connectivity index (χ1) is 6.93. The van der Waals surface area contributed by atoms with Crippen LogP contribution < -0.4 is 5.73 Å². The molecular formula is C9H8Cl2FNO2. The minimum Gasteiger partial charge on any atom is -0.481 e. The minimum atomic E-state index is -1.13. The molecule has 0 radical (unpaired) electrons. The molecule has 0 fully saturated rings. The summed E-state index contributed by atoms with van der Waals surface area (Å²) in [7, 11) is 0. The predicted octanol–water partition coefficient (Wildman–Crippen LogP) is 2.61. The average molecular weight is 252 g/mol. The molecule has 0 heterocycles. The maximum absolute atomic E-state index is 13.3. The monoisotopic (exact) mass is 251 g/mol. The van der Waals surface area contributed by atoms with Crippen LogP contribution in [0.25, 0.3) is 0 Å². The number of halogens is 3. The summed E-state index contributed by atoms with van der Waals surface area (Å²) in [5.41, 5.74) is 5.44. The number of carboxylic acids is 1. The summed E-state index contributed by atoms with van der Waals surface area (Å²) in [6, 6.07) is 1.38. The molecule has 6 heteroatoms. The maximum atomic E-state index is 13.3. The molecule has 0 aromatic heterocycles. The highest BCUT2D eigenvalue weighted by atomic mass is 35.5. The normalized spacial score (nSPS) is 12.5. The van der Waals surface area contributed by atoms with Gasteiger partial charge in [0, 0.05) is 11.6 Å². The lowest BCUT2D eigenvalue weighted by atomic mass is 10.0. The van der Waals surface area contributed by atoms with Crippen LogP contribution in [0.5, 0.6) is 0 Å². The lowest BCUT2D eigenvalue weighted by molar-refractivity contribution is -0.137. The Morgan fingerprint density at radius 1 is 1.53 bits per heavy atom. The third-order valence-electron chi connectivity index (χ3n) is 1.84. The summed E-state index contributed by atoms with van der Waals surface area (Å²) < 4.78 is 13.3. The number of benzene rings is 1. The van der Waals surface area contributed by atoms with Crippen molar-refractivity contribution in [3.8, 4) is 0 Å². The number of carbonyl (C=O) groups is 1. The van der Waals surface area contributed by atoms with Gasteiger partial charge >= 0.3 is 5.97 Å². The topological polar surface area (TPSA) is 63.3 Å². The number of hydrogen-bond donors (Lipinski definition) is 2. The van der Waals surface area contributed by atoms with Gasteiger partial charge in [0.1, 0.15) is 5.82 Å². The van der Waals surface area contributed by atoms with Gasteiger partial charge in [-0.25, -0.2) is 4.39 Å². The third-order valence-corrected chi connectivity index (χ3v) is 2.66. The molecule has 1 atom stereocenters. The van der Waals surface area contributed by atoms with Gasteiger partial charge in [0.2, 0.25) is 0 Å². The molecule has 0 aliphatic carbocycles. The molecule has 0 bridgehead atoms. The van der Waals surface area contributed by atoms with Crippen LogP contribution in [0.15, 0.2) is 12.1 Å². The molecule has 0 saturated carbocycles. The molecule has 0 aliphatic rings. The quantitative estimate of drug-likeness (QED) is 0.812. The highest BCUT2D eigenvalue weighted by Crippen LogP contribution is 2.32. The van der Waals surface area contributed by atoms with E-state index in [2.05, 4.69) is 0 Å². The number of carboxylic acid groups (broad SMARTS) is 1. The molecule has 3 N–H and O–H groups in total. The molecule has 1 rings (SSSR count). The van der Waals surface area contributed by atoms with Gasteiger partial charge in [0.15, 0.2) is 0 Å². The smallest absolute Gasteiger partial charge is 0.305 e. The Kier molecular flexibility index (Phi) is 3.90. The van der Waals surface area contributed by atoms with E-state index in [9.17, 15) is 9.18 Å². The SMILES string of the molecule is N[C@H](CC(=O)O)c1c(F)ccc(Cl)c1Cl. The van der Waals surface area contributed by atoms with Gasteiger partial charge in [-0.3, -0.25) is 4.79 Å². The first-order valence-electron chi connectivity index (χ1n) is 4.04. The van der Waals surface area contributed by atoms with E-state index >= 15 is 0 Å². The molecule has 82 valence electrons. The number of aliphatic carboxylic acids is 1. The Hall–Kier alpha value is -0.840. The second-order valence-corrected chi connectivity index (χ2v) is 3.75. The maximum Gasteiger partial charge on any atom is 0.305 e. The van der Waals surface area contributed by atoms with Gasteiger partial charge in [-0.15, -0.1) is 0 Å². The van der Waals surface area contributed by atoms with Crippen molar-refractivity contribution in [1.29, 1.82) is 0 Å². The van der Waals surface area contributed by atoms with E-state index in [1.807, 2.05) is 0 Å². The van der Waals surface area contributed by atoms with Crippen molar-refractivity contribution in [2.45, 2.75) is 12.5 Å². The summed E-state index contributed by atoms with van der Waals surface area (Å²) in [6.45, 7) is 0. The first-order valence-corrected chi connectivity index (χ1v) is 4.80. The number of nitrogens with two attached hydrogens (primary N) is 1. The van der Waals surface area contributed by atoms with Gasteiger partial charge < -0.3 is 10.8 Å². The van der Waals surface area contributed by atoms with Crippen molar-refractivity contribution in [2.24, 2.45) is 5.73 Å². The summed E-state index contributed by atoms with van der Waals surface area (Å²) in [5.74, 6) is -1.78. The van der Waals surface area contributed by atoms with Gasteiger partial charge in [-0.2, -0.15) is 0 Å². The molecule has 1 aromatic rings. The van der Waals surface area contributed by atoms with Crippen molar-refractivity contribution in [2.75, 3.05) is 0 Å². The predicted molar refractivity (Wildman–Crippen MR) is 55.6 cm³/mol. The van der Waals surface area contributed by atoms with Crippen molar-refractivity contribution in [3.63, 3.8) is 0 Å². The van der Waals surface area contributed by atoms with Crippen LogP contribution in [0.1, 0.15) is 18.0 Å². The van der Waals surface area contributed by atoms with E-state index in [0.29, 0.717) is 0 Å². The van der Waals surface area contributed by atoms with Crippen molar-refractivity contribution < 1.29 is 14.3 Å². The molecule has 0 aliphatic heterocycles. The highest BCUT2D eigenvalue weighted by molar-refractivity contribution is 6.42. The number of rotatable bonds is 3. The molecule has 0 spiro atoms. The minimum absolute atomic E-state index is 0.0367. The zero-order chi connectivity index (χ0) is 11.6. The fourth-order valence-corrected chi connectivity index (χ4v) is 1.63. The van der Waals surface area contributed by atoms with Gasteiger partial charge in [-0.05, 0) is 12.1 Å². The van der Waals surface area contributed by atoms with Crippen LogP contribution in [0.4, 0.5) is 4.39 Å². The summed E-state index contributed by atoms with van der Waals surface area (Å²) in [5, 5.41) is 8.63. The second kappa shape index (κ2) is 4.79. The van der Waals surface area contributed by atoms with Crippen LogP contribution in [-0.2, 0) is 4.79 Å². The summed E-state index contributed by atoms with van der Waals surface area (Å²) in [4.78, 5) is 10.4. The van der Waals surface area contributed by atoms with Crippen LogP contribution in [0.3, 0.4) is 0 Å². The fourth-order valence-electron chi connectivity index (χ4n) is 1.17. The number of hydrogen-bond acceptors (Lipinski definition) is 2. The Balaban J connectivity index is 3.12. The first kappa shape index (κ1) is 12.2. The third kappa shape index (κ3) is 2.81. The Morgan fingerprint density at radius 2 is 2.13 bits per heavy atom. The Morgan fingerprint density at radius 3 is 2.67 bits per heavy atom. The summed E-state index contributed by atoms with van der Waals surface area (Å²) >= 11 is 11.4. The molecule has 1 aromatic carbocycles. The Labute approximate surface area is 95.6 Å². The van der Waals surface area contributed by atoms with Crippen LogP contribution in [0.2, 0.25) is 10.0 Å². The second-order valence-electron chi connectivity index (χ2n) is 2.96. The average Bonchev–Trinajstić information content (AvgIpc) is 2.11. The largest absolute Gasteiger partial charge is 0.481 e. The van der Waals surface area contributed by atoms with E-state index in [4.69, 9.17) is 34.0 Å². The van der Waals surface area contributed by atoms with Gasteiger partial charge in [0.25, 0.3) is 0 Å². The van der Waals surface area contributed by atoms with Gasteiger partial charge in [-0.1, -0.05) is 23.2 Å². The van der Waals surface area contributed by atoms with Crippen molar-refractivity contribution >= 4 is 29.2 Å². The van der Waals surface area contributed by atoms with Gasteiger partial charge in [0.05, 0.1) is 16.5 Å². The van der Waals surface area contributed by atoms with E-state index < -0.39 is 24.2 Å². The zero-order valence-electron chi connectivity index (χ0n) is 7.51. The van der Waals surface area contributed by atoms with Crippen LogP contribution in [0, 0.1) is 5.82 Å². The zero-order valence-corrected chi connectivity index (χ0v) is 9.02. The lowest BCUT2D eigenvalue weighted by Gasteiger charge is -2.13. The highest BCUT2D eigenvalue weighted by Gasteiger charge is 2.19. The Bertz CT molecular complexity index is 398. The van der Waals surface area contributed by atoms with Crippen molar-refractivity contribution in [1.82, 2.24) is 0 Å². The molecule has 0 unspecified atom stereocenters. The molecule has 0 saturated heterocycles. The van der Waals surface area contributed by atoms with E-state index in [1.54, 1.807) is 0 Å². The fraction of sp³-hybridized carbons (Fsp3) is 0.222. The van der Waals surface area contributed by atoms with Crippen LogP contribution in [-0.4, -0.2) is 11.1 Å². The summed E-state index contributed by atoms with van der Waals surface area (Å²) in [6.07, 6.45) is -0.406. The van der Waals surface area contributed by atoms with Crippen molar-refractivity contribution in [3.05, 3.63) is 33.6 Å².